The van der Waals surface area contributed by atoms with Crippen LogP contribution in [0.15, 0.2) is 29.2 Å². The maximum Gasteiger partial charge on any atom is 0.374 e. The highest BCUT2D eigenvalue weighted by molar-refractivity contribution is 5.93. The van der Waals surface area contributed by atoms with Gasteiger partial charge in [0, 0.05) is 31.4 Å². The summed E-state index contributed by atoms with van der Waals surface area (Å²) >= 11 is 0. The van der Waals surface area contributed by atoms with E-state index in [4.69, 9.17) is 9.15 Å². The number of aromatic nitrogens is 2. The van der Waals surface area contributed by atoms with Gasteiger partial charge in [0.15, 0.2) is 5.69 Å². The third-order valence-corrected chi connectivity index (χ3v) is 4.96. The van der Waals surface area contributed by atoms with Crippen molar-refractivity contribution in [3.63, 3.8) is 0 Å². The third-order valence-electron chi connectivity index (χ3n) is 4.96. The van der Waals surface area contributed by atoms with E-state index >= 15 is 0 Å². The molecular formula is C21H28N4O4. The molecule has 0 fully saturated rings. The van der Waals surface area contributed by atoms with Crippen molar-refractivity contribution in [3.05, 3.63) is 53.3 Å². The summed E-state index contributed by atoms with van der Waals surface area (Å²) in [4.78, 5) is 25.9. The molecule has 29 heavy (non-hydrogen) atoms. The summed E-state index contributed by atoms with van der Waals surface area (Å²) < 4.78 is 12.4. The molecule has 156 valence electrons. The van der Waals surface area contributed by atoms with Gasteiger partial charge in [-0.1, -0.05) is 6.08 Å². The second kappa shape index (κ2) is 9.09. The third kappa shape index (κ3) is 4.59. The lowest BCUT2D eigenvalue weighted by Crippen LogP contribution is -2.35. The molecule has 0 saturated carbocycles. The molecule has 2 heterocycles. The molecule has 0 spiro atoms. The molecule has 1 unspecified atom stereocenters. The number of carbonyl (C=O) groups excluding carboxylic acids is 2. The van der Waals surface area contributed by atoms with E-state index in [9.17, 15) is 9.59 Å². The lowest BCUT2D eigenvalue weighted by molar-refractivity contribution is 0.0487. The SMILES string of the molecule is C=CCn1nc(C(=O)N(C)C)c2c1CCC(NCc1ccc(C(=O)OCC)o1)C2. The molecule has 1 amide bonds. The van der Waals surface area contributed by atoms with Crippen LogP contribution in [0.5, 0.6) is 0 Å². The first-order valence-corrected chi connectivity index (χ1v) is 9.84. The van der Waals surface area contributed by atoms with Crippen LogP contribution in [0.3, 0.4) is 0 Å². The van der Waals surface area contributed by atoms with E-state index < -0.39 is 5.97 Å². The van der Waals surface area contributed by atoms with Crippen LogP contribution < -0.4 is 5.32 Å². The monoisotopic (exact) mass is 400 g/mol. The van der Waals surface area contributed by atoms with Gasteiger partial charge in [-0.25, -0.2) is 4.79 Å². The molecule has 0 saturated heterocycles. The van der Waals surface area contributed by atoms with E-state index in [1.54, 1.807) is 44.1 Å². The zero-order valence-corrected chi connectivity index (χ0v) is 17.2. The number of rotatable bonds is 8. The van der Waals surface area contributed by atoms with Gasteiger partial charge in [-0.05, 0) is 38.3 Å². The van der Waals surface area contributed by atoms with E-state index in [1.807, 2.05) is 4.68 Å². The fraction of sp³-hybridized carbons (Fsp3) is 0.476. The van der Waals surface area contributed by atoms with Crippen LogP contribution in [0.4, 0.5) is 0 Å². The Morgan fingerprint density at radius 1 is 1.45 bits per heavy atom. The minimum atomic E-state index is -0.456. The number of nitrogens with zero attached hydrogens (tertiary/aromatic N) is 3. The van der Waals surface area contributed by atoms with Crippen molar-refractivity contribution in [3.8, 4) is 0 Å². The Hall–Kier alpha value is -2.87. The van der Waals surface area contributed by atoms with Crippen LogP contribution in [0.25, 0.3) is 0 Å². The predicted octanol–water partition coefficient (Wildman–Crippen LogP) is 2.19. The van der Waals surface area contributed by atoms with Crippen molar-refractivity contribution in [2.45, 2.75) is 45.3 Å². The van der Waals surface area contributed by atoms with Gasteiger partial charge in [0.25, 0.3) is 5.91 Å². The first-order valence-electron chi connectivity index (χ1n) is 9.84. The van der Waals surface area contributed by atoms with Crippen molar-refractivity contribution < 1.29 is 18.7 Å². The molecule has 8 nitrogen and oxygen atoms in total. The lowest BCUT2D eigenvalue weighted by atomic mass is 9.91. The Labute approximate surface area is 170 Å². The van der Waals surface area contributed by atoms with Crippen LogP contribution in [0.2, 0.25) is 0 Å². The molecule has 2 aromatic heterocycles. The van der Waals surface area contributed by atoms with Crippen LogP contribution in [0, 0.1) is 0 Å². The summed E-state index contributed by atoms with van der Waals surface area (Å²) in [5, 5.41) is 8.02. The summed E-state index contributed by atoms with van der Waals surface area (Å²) in [7, 11) is 3.47. The van der Waals surface area contributed by atoms with Gasteiger partial charge in [-0.2, -0.15) is 5.10 Å². The molecule has 0 bridgehead atoms. The van der Waals surface area contributed by atoms with Crippen LogP contribution in [-0.2, 0) is 30.7 Å². The van der Waals surface area contributed by atoms with Crippen LogP contribution in [0.1, 0.15) is 51.4 Å². The first-order chi connectivity index (χ1) is 13.9. The summed E-state index contributed by atoms with van der Waals surface area (Å²) in [5.41, 5.74) is 2.62. The average molecular weight is 400 g/mol. The Bertz CT molecular complexity index is 897. The second-order valence-corrected chi connectivity index (χ2v) is 7.25. The highest BCUT2D eigenvalue weighted by Gasteiger charge is 2.29. The summed E-state index contributed by atoms with van der Waals surface area (Å²) in [5.74, 6) is 0.335. The van der Waals surface area contributed by atoms with Gasteiger partial charge in [-0.15, -0.1) is 6.58 Å². The van der Waals surface area contributed by atoms with Gasteiger partial charge in [0.2, 0.25) is 5.76 Å². The van der Waals surface area contributed by atoms with Crippen molar-refractivity contribution in [2.24, 2.45) is 0 Å². The van der Waals surface area contributed by atoms with Crippen molar-refractivity contribution in [2.75, 3.05) is 20.7 Å². The number of hydrogen-bond donors (Lipinski definition) is 1. The molecule has 1 atom stereocenters. The zero-order valence-electron chi connectivity index (χ0n) is 17.2. The molecular weight excluding hydrogens is 372 g/mol. The van der Waals surface area contributed by atoms with E-state index in [1.165, 1.54) is 0 Å². The molecule has 1 N–H and O–H groups in total. The molecule has 0 aromatic carbocycles. The average Bonchev–Trinajstić information content (AvgIpc) is 3.31. The normalized spacial score (nSPS) is 15.6. The minimum absolute atomic E-state index is 0.0881. The highest BCUT2D eigenvalue weighted by atomic mass is 16.5. The van der Waals surface area contributed by atoms with Gasteiger partial charge in [0.1, 0.15) is 5.76 Å². The molecule has 3 rings (SSSR count). The van der Waals surface area contributed by atoms with Crippen molar-refractivity contribution in [1.82, 2.24) is 20.0 Å². The van der Waals surface area contributed by atoms with Gasteiger partial charge < -0.3 is 19.4 Å². The fourth-order valence-electron chi connectivity index (χ4n) is 3.55. The van der Waals surface area contributed by atoms with E-state index in [2.05, 4.69) is 17.0 Å². The van der Waals surface area contributed by atoms with Gasteiger partial charge >= 0.3 is 5.97 Å². The molecule has 0 aliphatic heterocycles. The number of furan rings is 1. The van der Waals surface area contributed by atoms with Crippen molar-refractivity contribution in [1.29, 1.82) is 0 Å². The fourth-order valence-corrected chi connectivity index (χ4v) is 3.55. The number of ether oxygens (including phenoxy) is 1. The lowest BCUT2D eigenvalue weighted by Gasteiger charge is -2.24. The smallest absolute Gasteiger partial charge is 0.374 e. The number of nitrogens with one attached hydrogen (secondary N) is 1. The maximum atomic E-state index is 12.6. The van der Waals surface area contributed by atoms with Crippen LogP contribution in [-0.4, -0.2) is 53.3 Å². The number of amides is 1. The number of esters is 1. The Morgan fingerprint density at radius 3 is 2.93 bits per heavy atom. The van der Waals surface area contributed by atoms with Gasteiger partial charge in [0.05, 0.1) is 19.7 Å². The Kier molecular flexibility index (Phi) is 6.53. The Morgan fingerprint density at radius 2 is 2.24 bits per heavy atom. The summed E-state index contributed by atoms with van der Waals surface area (Å²) in [6, 6.07) is 3.59. The Balaban J connectivity index is 1.69. The van der Waals surface area contributed by atoms with Gasteiger partial charge in [-0.3, -0.25) is 9.48 Å². The molecule has 1 aliphatic carbocycles. The largest absolute Gasteiger partial charge is 0.460 e. The van der Waals surface area contributed by atoms with E-state index in [-0.39, 0.29) is 17.7 Å². The summed E-state index contributed by atoms with van der Waals surface area (Å²) in [6.07, 6.45) is 4.27. The standard InChI is InChI=1S/C21H28N4O4/c1-5-11-25-17-9-7-14(12-16(17)19(23-25)20(26)24(3)4)22-13-15-8-10-18(29-15)21(27)28-6-2/h5,8,10,14,22H,1,6-7,9,11-13H2,2-4H3. The number of fused-ring (bicyclic) bond motifs is 1. The topological polar surface area (TPSA) is 89.6 Å². The quantitative estimate of drug-likeness (QED) is 0.540. The number of allylic oxidation sites excluding steroid dienone is 1. The minimum Gasteiger partial charge on any atom is -0.460 e. The zero-order chi connectivity index (χ0) is 21.0. The highest BCUT2D eigenvalue weighted by Crippen LogP contribution is 2.26. The number of carbonyl (C=O) groups is 2. The van der Waals surface area contributed by atoms with Crippen molar-refractivity contribution >= 4 is 11.9 Å². The second-order valence-electron chi connectivity index (χ2n) is 7.25. The molecule has 1 aliphatic rings. The number of hydrogen-bond acceptors (Lipinski definition) is 6. The predicted molar refractivity (Wildman–Crippen MR) is 108 cm³/mol. The molecule has 0 radical (unpaired) electrons. The summed E-state index contributed by atoms with van der Waals surface area (Å²) in [6.45, 7) is 6.94. The first kappa shape index (κ1) is 20.9. The van der Waals surface area contributed by atoms with Crippen LogP contribution >= 0.6 is 0 Å². The maximum absolute atomic E-state index is 12.6. The van der Waals surface area contributed by atoms with E-state index in [0.717, 1.165) is 24.1 Å². The molecule has 2 aromatic rings. The van der Waals surface area contributed by atoms with E-state index in [0.29, 0.717) is 37.6 Å². The molecule has 8 heteroatoms.